The summed E-state index contributed by atoms with van der Waals surface area (Å²) in [6.07, 6.45) is 2.12. The number of nitrogens with zero attached hydrogens (tertiary/aromatic N) is 5. The van der Waals surface area contributed by atoms with E-state index in [2.05, 4.69) is 14.9 Å². The lowest BCUT2D eigenvalue weighted by Crippen LogP contribution is -2.49. The van der Waals surface area contributed by atoms with Crippen LogP contribution in [0.25, 0.3) is 0 Å². The number of hydrogen-bond acceptors (Lipinski definition) is 7. The number of imide groups is 1. The Hall–Kier alpha value is -3.33. The highest BCUT2D eigenvalue weighted by Crippen LogP contribution is 2.25. The van der Waals surface area contributed by atoms with Gasteiger partial charge in [-0.05, 0) is 31.5 Å². The highest BCUT2D eigenvalue weighted by molar-refractivity contribution is 6.22. The molecule has 0 bridgehead atoms. The van der Waals surface area contributed by atoms with Crippen molar-refractivity contribution in [2.45, 2.75) is 13.3 Å². The van der Waals surface area contributed by atoms with Gasteiger partial charge in [0, 0.05) is 63.8 Å². The monoisotopic (exact) mass is 423 g/mol. The van der Waals surface area contributed by atoms with E-state index < -0.39 is 0 Å². The fourth-order valence-electron chi connectivity index (χ4n) is 3.93. The first-order chi connectivity index (χ1) is 15.0. The molecule has 1 aromatic heterocycles. The molecular weight excluding hydrogens is 398 g/mol. The third-order valence-electron chi connectivity index (χ3n) is 5.63. The van der Waals surface area contributed by atoms with Gasteiger partial charge in [-0.25, -0.2) is 9.97 Å². The summed E-state index contributed by atoms with van der Waals surface area (Å²) in [5.41, 5.74) is 1.97. The Bertz CT molecular complexity index is 1020. The maximum atomic E-state index is 13.0. The number of aryl methyl sites for hydroxylation is 1. The van der Waals surface area contributed by atoms with Crippen molar-refractivity contribution in [3.8, 4) is 0 Å². The summed E-state index contributed by atoms with van der Waals surface area (Å²) in [4.78, 5) is 51.8. The minimum absolute atomic E-state index is 0.139. The zero-order chi connectivity index (χ0) is 22.0. The van der Waals surface area contributed by atoms with Gasteiger partial charge in [-0.3, -0.25) is 19.3 Å². The molecule has 1 saturated heterocycles. The smallest absolute Gasteiger partial charge is 0.261 e. The number of benzene rings is 1. The topological polar surface area (TPSA) is 95.9 Å². The van der Waals surface area contributed by atoms with Crippen molar-refractivity contribution >= 4 is 23.5 Å². The molecule has 1 fully saturated rings. The van der Waals surface area contributed by atoms with Crippen LogP contribution in [-0.2, 0) is 4.74 Å². The van der Waals surface area contributed by atoms with Crippen molar-refractivity contribution in [2.75, 3.05) is 51.3 Å². The predicted molar refractivity (Wildman–Crippen MR) is 113 cm³/mol. The van der Waals surface area contributed by atoms with Crippen LogP contribution in [-0.4, -0.2) is 83.9 Å². The molecule has 0 aliphatic carbocycles. The second-order valence-electron chi connectivity index (χ2n) is 7.67. The number of methoxy groups -OCH3 is 1. The van der Waals surface area contributed by atoms with Gasteiger partial charge in [0.25, 0.3) is 17.7 Å². The summed E-state index contributed by atoms with van der Waals surface area (Å²) in [6.45, 7) is 5.12. The fourth-order valence-corrected chi connectivity index (χ4v) is 3.93. The molecule has 4 rings (SSSR count). The number of fused-ring (bicyclic) bond motifs is 1. The Morgan fingerprint density at radius 1 is 1.03 bits per heavy atom. The molecule has 3 heterocycles. The number of aromatic nitrogens is 2. The zero-order valence-electron chi connectivity index (χ0n) is 17.7. The molecule has 162 valence electrons. The summed E-state index contributed by atoms with van der Waals surface area (Å²) in [5, 5.41) is 0. The number of hydrogen-bond donors (Lipinski definition) is 0. The number of amides is 3. The molecule has 0 radical (unpaired) electrons. The highest BCUT2D eigenvalue weighted by atomic mass is 16.5. The fraction of sp³-hybridized carbons (Fsp3) is 0.409. The average Bonchev–Trinajstić information content (AvgIpc) is 3.03. The van der Waals surface area contributed by atoms with Crippen LogP contribution in [0.2, 0.25) is 0 Å². The van der Waals surface area contributed by atoms with Crippen LogP contribution in [0.15, 0.2) is 30.6 Å². The van der Waals surface area contributed by atoms with Crippen molar-refractivity contribution < 1.29 is 19.1 Å². The SMILES string of the molecule is COCCCN1C(=O)c2ccc(C(=O)N3CCN(c4cc(C)ncn4)CC3)cc2C1=O. The first kappa shape index (κ1) is 20.9. The van der Waals surface area contributed by atoms with Crippen LogP contribution in [0.3, 0.4) is 0 Å². The van der Waals surface area contributed by atoms with Gasteiger partial charge in [-0.1, -0.05) is 0 Å². The van der Waals surface area contributed by atoms with Gasteiger partial charge in [-0.15, -0.1) is 0 Å². The molecule has 0 spiro atoms. The van der Waals surface area contributed by atoms with Gasteiger partial charge in [0.05, 0.1) is 11.1 Å². The number of rotatable bonds is 6. The van der Waals surface area contributed by atoms with E-state index in [9.17, 15) is 14.4 Å². The summed E-state index contributed by atoms with van der Waals surface area (Å²) >= 11 is 0. The molecule has 2 aliphatic rings. The number of carbonyl (C=O) groups excluding carboxylic acids is 3. The van der Waals surface area contributed by atoms with Crippen LogP contribution in [0, 0.1) is 6.92 Å². The Morgan fingerprint density at radius 3 is 2.48 bits per heavy atom. The third-order valence-corrected chi connectivity index (χ3v) is 5.63. The lowest BCUT2D eigenvalue weighted by atomic mass is 10.0. The lowest BCUT2D eigenvalue weighted by molar-refractivity contribution is 0.0638. The van der Waals surface area contributed by atoms with Crippen LogP contribution in [0.5, 0.6) is 0 Å². The number of anilines is 1. The minimum Gasteiger partial charge on any atom is -0.385 e. The van der Waals surface area contributed by atoms with Gasteiger partial charge in [-0.2, -0.15) is 0 Å². The molecular formula is C22H25N5O4. The number of piperazine rings is 1. The van der Waals surface area contributed by atoms with Gasteiger partial charge in [0.2, 0.25) is 0 Å². The quantitative estimate of drug-likeness (QED) is 0.512. The van der Waals surface area contributed by atoms with Gasteiger partial charge in [0.1, 0.15) is 12.1 Å². The van der Waals surface area contributed by atoms with Crippen LogP contribution in [0.4, 0.5) is 5.82 Å². The van der Waals surface area contributed by atoms with E-state index in [-0.39, 0.29) is 17.7 Å². The number of carbonyl (C=O) groups is 3. The second-order valence-corrected chi connectivity index (χ2v) is 7.67. The second kappa shape index (κ2) is 8.81. The Balaban J connectivity index is 1.43. The van der Waals surface area contributed by atoms with Crippen molar-refractivity contribution in [3.05, 3.63) is 53.0 Å². The van der Waals surface area contributed by atoms with E-state index in [4.69, 9.17) is 4.74 Å². The summed E-state index contributed by atoms with van der Waals surface area (Å²) < 4.78 is 5.00. The molecule has 2 aliphatic heterocycles. The molecule has 0 saturated carbocycles. The van der Waals surface area contributed by atoms with Crippen LogP contribution in [0.1, 0.15) is 43.2 Å². The maximum absolute atomic E-state index is 13.0. The molecule has 1 aromatic carbocycles. The van der Waals surface area contributed by atoms with E-state index in [1.165, 1.54) is 4.90 Å². The molecule has 0 N–H and O–H groups in total. The molecule has 0 atom stereocenters. The first-order valence-corrected chi connectivity index (χ1v) is 10.3. The van der Waals surface area contributed by atoms with Gasteiger partial charge < -0.3 is 14.5 Å². The maximum Gasteiger partial charge on any atom is 0.261 e. The van der Waals surface area contributed by atoms with Crippen molar-refractivity contribution in [1.82, 2.24) is 19.8 Å². The summed E-state index contributed by atoms with van der Waals surface area (Å²) in [7, 11) is 1.58. The Labute approximate surface area is 180 Å². The molecule has 2 aromatic rings. The van der Waals surface area contributed by atoms with Crippen molar-refractivity contribution in [3.63, 3.8) is 0 Å². The normalized spacial score (nSPS) is 16.1. The first-order valence-electron chi connectivity index (χ1n) is 10.3. The average molecular weight is 423 g/mol. The zero-order valence-corrected chi connectivity index (χ0v) is 17.7. The highest BCUT2D eigenvalue weighted by Gasteiger charge is 2.36. The molecule has 9 nitrogen and oxygen atoms in total. The molecule has 3 amide bonds. The van der Waals surface area contributed by atoms with Crippen molar-refractivity contribution in [1.29, 1.82) is 0 Å². The third kappa shape index (κ3) is 4.13. The number of ether oxygens (including phenoxy) is 1. The van der Waals surface area contributed by atoms with E-state index in [1.807, 2.05) is 13.0 Å². The summed E-state index contributed by atoms with van der Waals surface area (Å²) in [6, 6.07) is 6.69. The van der Waals surface area contributed by atoms with E-state index in [0.29, 0.717) is 62.4 Å². The van der Waals surface area contributed by atoms with Crippen molar-refractivity contribution in [2.24, 2.45) is 0 Å². The Kier molecular flexibility index (Phi) is 5.94. The lowest BCUT2D eigenvalue weighted by Gasteiger charge is -2.35. The van der Waals surface area contributed by atoms with Gasteiger partial charge >= 0.3 is 0 Å². The van der Waals surface area contributed by atoms with E-state index >= 15 is 0 Å². The molecule has 0 unspecified atom stereocenters. The molecule has 9 heteroatoms. The van der Waals surface area contributed by atoms with Crippen LogP contribution < -0.4 is 4.90 Å². The van der Waals surface area contributed by atoms with E-state index in [0.717, 1.165) is 11.5 Å². The predicted octanol–water partition coefficient (Wildman–Crippen LogP) is 1.38. The molecule has 31 heavy (non-hydrogen) atoms. The standard InChI is InChI=1S/C22H25N5O4/c1-15-12-19(24-14-23-15)25-7-9-26(10-8-25)20(28)16-4-5-17-18(13-16)22(30)27(21(17)29)6-3-11-31-2/h4-5,12-14H,3,6-11H2,1-2H3. The Morgan fingerprint density at radius 2 is 1.77 bits per heavy atom. The largest absolute Gasteiger partial charge is 0.385 e. The summed E-state index contributed by atoms with van der Waals surface area (Å²) in [5.74, 6) is 0.0489. The minimum atomic E-state index is -0.352. The van der Waals surface area contributed by atoms with E-state index in [1.54, 1.807) is 36.5 Å². The van der Waals surface area contributed by atoms with Crippen LogP contribution >= 0.6 is 0 Å². The van der Waals surface area contributed by atoms with Gasteiger partial charge in [0.15, 0.2) is 0 Å².